The van der Waals surface area contributed by atoms with E-state index in [1.807, 2.05) is 13.8 Å². The van der Waals surface area contributed by atoms with Crippen LogP contribution in [0, 0.1) is 24.0 Å². The van der Waals surface area contributed by atoms with Gasteiger partial charge in [-0.1, -0.05) is 0 Å². The van der Waals surface area contributed by atoms with Crippen molar-refractivity contribution in [1.82, 2.24) is 0 Å². The Morgan fingerprint density at radius 2 is 2.00 bits per heavy atom. The summed E-state index contributed by atoms with van der Waals surface area (Å²) in [6, 6.07) is 4.83. The zero-order valence-corrected chi connectivity index (χ0v) is 12.4. The summed E-state index contributed by atoms with van der Waals surface area (Å²) in [5.41, 5.74) is 2.50. The number of carbonyl (C=O) groups is 1. The summed E-state index contributed by atoms with van der Waals surface area (Å²) < 4.78 is 0. The minimum Gasteiger partial charge on any atom is -0.478 e. The minimum atomic E-state index is -0.977. The molecule has 7 heteroatoms. The van der Waals surface area contributed by atoms with Gasteiger partial charge in [0.1, 0.15) is 5.69 Å². The second kappa shape index (κ2) is 5.92. The third kappa shape index (κ3) is 3.38. The van der Waals surface area contributed by atoms with E-state index in [2.05, 4.69) is 5.32 Å². The number of benzene rings is 1. The van der Waals surface area contributed by atoms with Crippen LogP contribution >= 0.6 is 11.3 Å². The van der Waals surface area contributed by atoms with Crippen molar-refractivity contribution in [3.63, 3.8) is 0 Å². The number of nitro groups is 1. The molecular weight excluding hydrogens is 292 g/mol. The molecule has 21 heavy (non-hydrogen) atoms. The summed E-state index contributed by atoms with van der Waals surface area (Å²) in [7, 11) is 0. The zero-order chi connectivity index (χ0) is 15.6. The molecule has 0 spiro atoms. The van der Waals surface area contributed by atoms with Crippen LogP contribution < -0.4 is 5.32 Å². The van der Waals surface area contributed by atoms with Gasteiger partial charge in [0.2, 0.25) is 0 Å². The van der Waals surface area contributed by atoms with E-state index in [4.69, 9.17) is 5.11 Å². The van der Waals surface area contributed by atoms with Crippen LogP contribution in [0.3, 0.4) is 0 Å². The number of thiophene rings is 1. The van der Waals surface area contributed by atoms with E-state index in [1.165, 1.54) is 17.4 Å². The van der Waals surface area contributed by atoms with E-state index >= 15 is 0 Å². The summed E-state index contributed by atoms with van der Waals surface area (Å²) in [6.07, 6.45) is 0. The number of nitrogens with one attached hydrogen (secondary N) is 1. The maximum absolute atomic E-state index is 11.1. The van der Waals surface area contributed by atoms with Crippen LogP contribution in [0.4, 0.5) is 11.4 Å². The molecule has 2 aromatic rings. The third-order valence-electron chi connectivity index (χ3n) is 3.16. The Balaban J connectivity index is 2.20. The van der Waals surface area contributed by atoms with Crippen molar-refractivity contribution < 1.29 is 14.8 Å². The van der Waals surface area contributed by atoms with Crippen LogP contribution in [-0.4, -0.2) is 16.0 Å². The van der Waals surface area contributed by atoms with Crippen LogP contribution in [0.15, 0.2) is 23.6 Å². The predicted octanol–water partition coefficient (Wildman–Crippen LogP) is 3.58. The van der Waals surface area contributed by atoms with Gasteiger partial charge in [0.25, 0.3) is 5.69 Å². The maximum Gasteiger partial charge on any atom is 0.336 e. The highest BCUT2D eigenvalue weighted by Gasteiger charge is 2.15. The fourth-order valence-electron chi connectivity index (χ4n) is 1.86. The average Bonchev–Trinajstić information content (AvgIpc) is 2.88. The second-order valence-corrected chi connectivity index (χ2v) is 5.67. The Morgan fingerprint density at radius 3 is 2.57 bits per heavy atom. The predicted molar refractivity (Wildman–Crippen MR) is 81.2 cm³/mol. The largest absolute Gasteiger partial charge is 0.478 e. The van der Waals surface area contributed by atoms with E-state index in [-0.39, 0.29) is 11.3 Å². The summed E-state index contributed by atoms with van der Waals surface area (Å²) in [6.45, 7) is 4.06. The smallest absolute Gasteiger partial charge is 0.336 e. The molecular formula is C14H14N2O4S. The molecule has 0 aliphatic rings. The Morgan fingerprint density at radius 1 is 1.33 bits per heavy atom. The quantitative estimate of drug-likeness (QED) is 0.650. The van der Waals surface area contributed by atoms with Crippen molar-refractivity contribution in [3.8, 4) is 0 Å². The number of aryl methyl sites for hydroxylation is 2. The summed E-state index contributed by atoms with van der Waals surface area (Å²) in [5.74, 6) is -0.977. The Kier molecular flexibility index (Phi) is 4.23. The van der Waals surface area contributed by atoms with Crippen molar-refractivity contribution >= 4 is 28.7 Å². The first-order valence-electron chi connectivity index (χ1n) is 6.18. The highest BCUT2D eigenvalue weighted by molar-refractivity contribution is 7.10. The number of hydrogen-bond acceptors (Lipinski definition) is 5. The first kappa shape index (κ1) is 15.0. The summed E-state index contributed by atoms with van der Waals surface area (Å²) in [4.78, 5) is 22.3. The first-order chi connectivity index (χ1) is 9.88. The SMILES string of the molecule is Cc1cc(NCc2cc(C(=O)O)cs2)c([N+](=O)[O-])cc1C. The first-order valence-corrected chi connectivity index (χ1v) is 7.06. The number of carboxylic acid groups (broad SMARTS) is 1. The topological polar surface area (TPSA) is 92.5 Å². The Labute approximate surface area is 125 Å². The van der Waals surface area contributed by atoms with Gasteiger partial charge in [0.15, 0.2) is 0 Å². The Hall–Kier alpha value is -2.41. The molecule has 0 fully saturated rings. The molecule has 1 aromatic carbocycles. The van der Waals surface area contributed by atoms with Gasteiger partial charge < -0.3 is 10.4 Å². The fraction of sp³-hybridized carbons (Fsp3) is 0.214. The number of carboxylic acids is 1. The standard InChI is InChI=1S/C14H14N2O4S/c1-8-3-12(13(16(19)20)4-9(8)2)15-6-11-5-10(7-21-11)14(17)18/h3-5,7,15H,6H2,1-2H3,(H,17,18). The fourth-order valence-corrected chi connectivity index (χ4v) is 2.66. The van der Waals surface area contributed by atoms with E-state index < -0.39 is 10.9 Å². The number of hydrogen-bond donors (Lipinski definition) is 2. The van der Waals surface area contributed by atoms with Gasteiger partial charge in [-0.2, -0.15) is 0 Å². The molecule has 0 bridgehead atoms. The van der Waals surface area contributed by atoms with Gasteiger partial charge in [-0.15, -0.1) is 11.3 Å². The van der Waals surface area contributed by atoms with Crippen molar-refractivity contribution in [3.05, 3.63) is 55.3 Å². The molecule has 0 amide bonds. The molecule has 2 N–H and O–H groups in total. The van der Waals surface area contributed by atoms with Crippen LogP contribution in [0.5, 0.6) is 0 Å². The van der Waals surface area contributed by atoms with Crippen molar-refractivity contribution in [2.24, 2.45) is 0 Å². The molecule has 0 aliphatic carbocycles. The lowest BCUT2D eigenvalue weighted by Crippen LogP contribution is -2.03. The van der Waals surface area contributed by atoms with E-state index in [1.54, 1.807) is 17.5 Å². The molecule has 110 valence electrons. The lowest BCUT2D eigenvalue weighted by Gasteiger charge is -2.08. The molecule has 2 rings (SSSR count). The molecule has 6 nitrogen and oxygen atoms in total. The number of nitrogens with zero attached hydrogens (tertiary/aromatic N) is 1. The third-order valence-corrected chi connectivity index (χ3v) is 4.10. The number of anilines is 1. The lowest BCUT2D eigenvalue weighted by molar-refractivity contribution is -0.384. The molecule has 0 radical (unpaired) electrons. The number of nitro benzene ring substituents is 1. The molecule has 0 aliphatic heterocycles. The Bertz CT molecular complexity index is 709. The van der Waals surface area contributed by atoms with Crippen LogP contribution in [-0.2, 0) is 6.54 Å². The van der Waals surface area contributed by atoms with E-state index in [0.29, 0.717) is 12.2 Å². The molecule has 1 heterocycles. The van der Waals surface area contributed by atoms with Gasteiger partial charge in [0.05, 0.1) is 10.5 Å². The van der Waals surface area contributed by atoms with Gasteiger partial charge in [-0.25, -0.2) is 4.79 Å². The van der Waals surface area contributed by atoms with Crippen LogP contribution in [0.2, 0.25) is 0 Å². The van der Waals surface area contributed by atoms with Crippen LogP contribution in [0.25, 0.3) is 0 Å². The van der Waals surface area contributed by atoms with Crippen molar-refractivity contribution in [2.75, 3.05) is 5.32 Å². The lowest BCUT2D eigenvalue weighted by atomic mass is 10.1. The van der Waals surface area contributed by atoms with E-state index in [9.17, 15) is 14.9 Å². The highest BCUT2D eigenvalue weighted by atomic mass is 32.1. The van der Waals surface area contributed by atoms with Crippen molar-refractivity contribution in [2.45, 2.75) is 20.4 Å². The number of aromatic carboxylic acids is 1. The molecule has 0 saturated carbocycles. The summed E-state index contributed by atoms with van der Waals surface area (Å²) in [5, 5.41) is 24.5. The highest BCUT2D eigenvalue weighted by Crippen LogP contribution is 2.28. The normalized spacial score (nSPS) is 10.4. The van der Waals surface area contributed by atoms with Gasteiger partial charge in [-0.3, -0.25) is 10.1 Å². The molecule has 0 unspecified atom stereocenters. The van der Waals surface area contributed by atoms with Gasteiger partial charge in [0, 0.05) is 22.9 Å². The molecule has 1 aromatic heterocycles. The summed E-state index contributed by atoms with van der Waals surface area (Å²) >= 11 is 1.31. The monoisotopic (exact) mass is 306 g/mol. The maximum atomic E-state index is 11.1. The van der Waals surface area contributed by atoms with Crippen LogP contribution in [0.1, 0.15) is 26.4 Å². The molecule has 0 atom stereocenters. The minimum absolute atomic E-state index is 0.0214. The average molecular weight is 306 g/mol. The number of rotatable bonds is 5. The van der Waals surface area contributed by atoms with Crippen molar-refractivity contribution in [1.29, 1.82) is 0 Å². The molecule has 0 saturated heterocycles. The van der Waals surface area contributed by atoms with Gasteiger partial charge >= 0.3 is 5.97 Å². The zero-order valence-electron chi connectivity index (χ0n) is 11.5. The second-order valence-electron chi connectivity index (χ2n) is 4.67. The van der Waals surface area contributed by atoms with Gasteiger partial charge in [-0.05, 0) is 37.1 Å². The van der Waals surface area contributed by atoms with E-state index in [0.717, 1.165) is 16.0 Å².